The average molecular weight is 410 g/mol. The van der Waals surface area contributed by atoms with E-state index in [-0.39, 0.29) is 11.9 Å². The van der Waals surface area contributed by atoms with Crippen molar-refractivity contribution in [1.29, 1.82) is 0 Å². The molecule has 2 atom stereocenters. The summed E-state index contributed by atoms with van der Waals surface area (Å²) >= 11 is 5.31. The number of hydrogen-bond donors (Lipinski definition) is 3. The molecule has 0 radical (unpaired) electrons. The molecule has 150 valence electrons. The SMILES string of the molecule is C=C1NC(=S)N[C@H](c2ccc3c(c2)OCCO3)[C@H]1C(=O)Nc1ccc(C)cc1C. The summed E-state index contributed by atoms with van der Waals surface area (Å²) in [4.78, 5) is 13.2. The predicted molar refractivity (Wildman–Crippen MR) is 116 cm³/mol. The lowest BCUT2D eigenvalue weighted by molar-refractivity contribution is -0.119. The standard InChI is InChI=1S/C22H23N3O3S/c1-12-4-6-16(13(2)10-12)24-21(26)19-14(3)23-22(29)25-20(19)15-5-7-17-18(11-15)28-9-8-27-17/h4-7,10-11,19-20H,3,8-9H2,1-2H3,(H,24,26)(H2,23,25,29)/t19-,20+/m0/s1. The molecule has 29 heavy (non-hydrogen) atoms. The molecule has 0 aliphatic carbocycles. The summed E-state index contributed by atoms with van der Waals surface area (Å²) in [5.41, 5.74) is 4.36. The third-order valence-corrected chi connectivity index (χ3v) is 5.34. The number of nitrogens with one attached hydrogen (secondary N) is 3. The van der Waals surface area contributed by atoms with E-state index in [1.807, 2.05) is 50.2 Å². The fourth-order valence-corrected chi connectivity index (χ4v) is 3.95. The molecule has 4 rings (SSSR count). The normalized spacial score (nSPS) is 20.5. The highest BCUT2D eigenvalue weighted by molar-refractivity contribution is 7.80. The van der Waals surface area contributed by atoms with Crippen molar-refractivity contribution in [2.24, 2.45) is 5.92 Å². The van der Waals surface area contributed by atoms with E-state index in [1.54, 1.807) is 0 Å². The van der Waals surface area contributed by atoms with Gasteiger partial charge in [-0.3, -0.25) is 4.79 Å². The van der Waals surface area contributed by atoms with Gasteiger partial charge in [-0.05, 0) is 55.4 Å². The van der Waals surface area contributed by atoms with Crippen LogP contribution < -0.4 is 25.4 Å². The lowest BCUT2D eigenvalue weighted by Crippen LogP contribution is -2.51. The van der Waals surface area contributed by atoms with Gasteiger partial charge < -0.3 is 25.4 Å². The minimum atomic E-state index is -0.565. The number of rotatable bonds is 3. The van der Waals surface area contributed by atoms with Crippen LogP contribution in [0.5, 0.6) is 11.5 Å². The van der Waals surface area contributed by atoms with Crippen molar-refractivity contribution >= 4 is 28.9 Å². The van der Waals surface area contributed by atoms with Gasteiger partial charge in [0.25, 0.3) is 0 Å². The number of carbonyl (C=O) groups is 1. The van der Waals surface area contributed by atoms with Gasteiger partial charge in [0, 0.05) is 11.4 Å². The lowest BCUT2D eigenvalue weighted by atomic mass is 9.88. The van der Waals surface area contributed by atoms with E-state index in [2.05, 4.69) is 22.5 Å². The smallest absolute Gasteiger partial charge is 0.235 e. The zero-order valence-electron chi connectivity index (χ0n) is 16.4. The summed E-state index contributed by atoms with van der Waals surface area (Å²) < 4.78 is 11.3. The van der Waals surface area contributed by atoms with Gasteiger partial charge in [0.05, 0.1) is 6.04 Å². The van der Waals surface area contributed by atoms with Crippen LogP contribution in [0.15, 0.2) is 48.7 Å². The van der Waals surface area contributed by atoms with E-state index in [1.165, 1.54) is 0 Å². The third kappa shape index (κ3) is 3.91. The van der Waals surface area contributed by atoms with Gasteiger partial charge in [0.1, 0.15) is 19.1 Å². The number of aryl methyl sites for hydroxylation is 2. The first-order chi connectivity index (χ1) is 13.9. The fraction of sp³-hybridized carbons (Fsp3) is 0.273. The molecular weight excluding hydrogens is 386 g/mol. The monoisotopic (exact) mass is 409 g/mol. The Hall–Kier alpha value is -3.06. The molecule has 7 heteroatoms. The Morgan fingerprint density at radius 1 is 1.14 bits per heavy atom. The minimum absolute atomic E-state index is 0.163. The number of benzene rings is 2. The van der Waals surface area contributed by atoms with Crippen LogP contribution in [0.4, 0.5) is 5.69 Å². The topological polar surface area (TPSA) is 71.6 Å². The second-order valence-electron chi connectivity index (χ2n) is 7.29. The Kier molecular flexibility index (Phi) is 5.15. The van der Waals surface area contributed by atoms with Crippen LogP contribution >= 0.6 is 12.2 Å². The summed E-state index contributed by atoms with van der Waals surface area (Å²) in [6.45, 7) is 9.08. The van der Waals surface area contributed by atoms with Gasteiger partial charge >= 0.3 is 0 Å². The molecule has 2 aromatic rings. The summed E-state index contributed by atoms with van der Waals surface area (Å²) in [5.74, 6) is 0.639. The molecule has 2 aliphatic rings. The van der Waals surface area contributed by atoms with Crippen LogP contribution in [0, 0.1) is 19.8 Å². The van der Waals surface area contributed by atoms with Crippen LogP contribution in [-0.4, -0.2) is 24.2 Å². The Morgan fingerprint density at radius 3 is 2.66 bits per heavy atom. The quantitative estimate of drug-likeness (QED) is 0.676. The second kappa shape index (κ2) is 7.75. The van der Waals surface area contributed by atoms with Crippen LogP contribution in [0.25, 0.3) is 0 Å². The van der Waals surface area contributed by atoms with Crippen molar-refractivity contribution in [3.8, 4) is 11.5 Å². The number of amides is 1. The van der Waals surface area contributed by atoms with E-state index < -0.39 is 5.92 Å². The molecule has 6 nitrogen and oxygen atoms in total. The number of thiocarbonyl (C=S) groups is 1. The molecule has 2 aliphatic heterocycles. The van der Waals surface area contributed by atoms with Crippen molar-refractivity contribution in [1.82, 2.24) is 10.6 Å². The molecule has 0 spiro atoms. The zero-order chi connectivity index (χ0) is 20.5. The van der Waals surface area contributed by atoms with E-state index in [0.29, 0.717) is 35.5 Å². The van der Waals surface area contributed by atoms with E-state index in [4.69, 9.17) is 21.7 Å². The molecule has 3 N–H and O–H groups in total. The summed E-state index contributed by atoms with van der Waals surface area (Å²) in [5, 5.41) is 9.67. The van der Waals surface area contributed by atoms with Crippen molar-refractivity contribution in [2.45, 2.75) is 19.9 Å². The number of anilines is 1. The highest BCUT2D eigenvalue weighted by Gasteiger charge is 2.37. The maximum absolute atomic E-state index is 13.2. The van der Waals surface area contributed by atoms with Gasteiger partial charge in [-0.15, -0.1) is 0 Å². The Morgan fingerprint density at radius 2 is 1.90 bits per heavy atom. The Bertz CT molecular complexity index is 1000. The number of carbonyl (C=O) groups excluding carboxylic acids is 1. The maximum Gasteiger partial charge on any atom is 0.235 e. The molecule has 0 saturated carbocycles. The first-order valence-corrected chi connectivity index (χ1v) is 9.87. The predicted octanol–water partition coefficient (Wildman–Crippen LogP) is 3.36. The lowest BCUT2D eigenvalue weighted by Gasteiger charge is -2.36. The molecule has 1 saturated heterocycles. The molecular formula is C22H23N3O3S. The molecule has 1 amide bonds. The first-order valence-electron chi connectivity index (χ1n) is 9.46. The minimum Gasteiger partial charge on any atom is -0.486 e. The number of ether oxygens (including phenoxy) is 2. The molecule has 0 aromatic heterocycles. The van der Waals surface area contributed by atoms with Gasteiger partial charge in [-0.1, -0.05) is 30.3 Å². The van der Waals surface area contributed by atoms with Crippen LogP contribution in [0.1, 0.15) is 22.7 Å². The van der Waals surface area contributed by atoms with Gasteiger partial charge in [-0.2, -0.15) is 0 Å². The highest BCUT2D eigenvalue weighted by atomic mass is 32.1. The zero-order valence-corrected chi connectivity index (χ0v) is 17.2. The third-order valence-electron chi connectivity index (χ3n) is 5.12. The molecule has 1 fully saturated rings. The Balaban J connectivity index is 1.64. The van der Waals surface area contributed by atoms with Gasteiger partial charge in [0.2, 0.25) is 5.91 Å². The average Bonchev–Trinajstić information content (AvgIpc) is 2.69. The van der Waals surface area contributed by atoms with Crippen molar-refractivity contribution in [3.05, 3.63) is 65.4 Å². The van der Waals surface area contributed by atoms with E-state index in [0.717, 1.165) is 22.4 Å². The first kappa shape index (κ1) is 19.3. The maximum atomic E-state index is 13.2. The van der Waals surface area contributed by atoms with Crippen LogP contribution in [0.2, 0.25) is 0 Å². The number of hydrogen-bond acceptors (Lipinski definition) is 4. The summed E-state index contributed by atoms with van der Waals surface area (Å²) in [6, 6.07) is 11.2. The van der Waals surface area contributed by atoms with Crippen LogP contribution in [0.3, 0.4) is 0 Å². The van der Waals surface area contributed by atoms with Crippen molar-refractivity contribution in [3.63, 3.8) is 0 Å². The number of fused-ring (bicyclic) bond motifs is 1. The van der Waals surface area contributed by atoms with Crippen LogP contribution in [-0.2, 0) is 4.79 Å². The molecule has 2 aromatic carbocycles. The molecule has 0 unspecified atom stereocenters. The largest absolute Gasteiger partial charge is 0.486 e. The summed E-state index contributed by atoms with van der Waals surface area (Å²) in [7, 11) is 0. The Labute approximate surface area is 175 Å². The summed E-state index contributed by atoms with van der Waals surface area (Å²) in [6.07, 6.45) is 0. The van der Waals surface area contributed by atoms with Gasteiger partial charge in [0.15, 0.2) is 16.6 Å². The second-order valence-corrected chi connectivity index (χ2v) is 7.70. The fourth-order valence-electron chi connectivity index (χ4n) is 3.69. The molecule has 2 heterocycles. The van der Waals surface area contributed by atoms with Crippen molar-refractivity contribution in [2.75, 3.05) is 18.5 Å². The van der Waals surface area contributed by atoms with E-state index in [9.17, 15) is 4.79 Å². The van der Waals surface area contributed by atoms with E-state index >= 15 is 0 Å². The van der Waals surface area contributed by atoms with Crippen molar-refractivity contribution < 1.29 is 14.3 Å². The highest BCUT2D eigenvalue weighted by Crippen LogP contribution is 2.37. The molecule has 0 bridgehead atoms. The van der Waals surface area contributed by atoms with Gasteiger partial charge in [-0.25, -0.2) is 0 Å².